The minimum atomic E-state index is -0.889. The molecule has 1 aliphatic rings. The minimum absolute atomic E-state index is 0.449. The molecule has 4 rings (SSSR count). The number of carbonyl (C=O) groups is 1. The van der Waals surface area contributed by atoms with Crippen molar-refractivity contribution in [1.82, 2.24) is 24.8 Å². The highest BCUT2D eigenvalue weighted by Gasteiger charge is 2.21. The monoisotopic (exact) mass is 407 g/mol. The molecule has 10 nitrogen and oxygen atoms in total. The average molecular weight is 407 g/mol. The number of nitrogens with one attached hydrogen (secondary N) is 1. The van der Waals surface area contributed by atoms with Gasteiger partial charge in [-0.3, -0.25) is 4.98 Å². The SMILES string of the molecule is COc1cc(Nc2cnccn2)nc(-c2ccnc(N3CCN(C(=O)O)CC3)c2)c1. The molecule has 3 aromatic heterocycles. The first kappa shape index (κ1) is 19.4. The van der Waals surface area contributed by atoms with E-state index in [0.717, 1.165) is 11.4 Å². The van der Waals surface area contributed by atoms with Crippen molar-refractivity contribution in [2.75, 3.05) is 43.5 Å². The van der Waals surface area contributed by atoms with Crippen molar-refractivity contribution in [2.24, 2.45) is 0 Å². The molecular formula is C20H21N7O3. The number of aromatic nitrogens is 4. The molecule has 0 saturated carbocycles. The third-order valence-electron chi connectivity index (χ3n) is 4.77. The van der Waals surface area contributed by atoms with E-state index < -0.39 is 6.09 Å². The summed E-state index contributed by atoms with van der Waals surface area (Å²) in [7, 11) is 1.60. The molecule has 1 fully saturated rings. The van der Waals surface area contributed by atoms with Crippen LogP contribution in [0.25, 0.3) is 11.3 Å². The van der Waals surface area contributed by atoms with E-state index in [0.29, 0.717) is 49.3 Å². The zero-order valence-corrected chi connectivity index (χ0v) is 16.4. The molecule has 2 N–H and O–H groups in total. The number of amides is 1. The maximum atomic E-state index is 11.1. The van der Waals surface area contributed by atoms with E-state index in [9.17, 15) is 4.79 Å². The van der Waals surface area contributed by atoms with Gasteiger partial charge in [0.15, 0.2) is 0 Å². The second-order valence-corrected chi connectivity index (χ2v) is 6.65. The van der Waals surface area contributed by atoms with Gasteiger partial charge < -0.3 is 25.0 Å². The Morgan fingerprint density at radius 1 is 1.07 bits per heavy atom. The largest absolute Gasteiger partial charge is 0.497 e. The van der Waals surface area contributed by atoms with Crippen molar-refractivity contribution in [2.45, 2.75) is 0 Å². The molecule has 1 saturated heterocycles. The first-order valence-corrected chi connectivity index (χ1v) is 9.41. The van der Waals surface area contributed by atoms with Gasteiger partial charge in [-0.25, -0.2) is 19.7 Å². The first-order valence-electron chi connectivity index (χ1n) is 9.41. The molecule has 0 spiro atoms. The standard InChI is InChI=1S/C20H21N7O3/c1-30-15-11-16(24-17(12-15)25-18-13-21-4-5-22-18)14-2-3-23-19(10-14)26-6-8-27(9-7-26)20(28)29/h2-5,10-13H,6-9H2,1H3,(H,28,29)(H,22,24,25). The molecular weight excluding hydrogens is 386 g/mol. The quantitative estimate of drug-likeness (QED) is 0.658. The molecule has 30 heavy (non-hydrogen) atoms. The van der Waals surface area contributed by atoms with E-state index in [1.807, 2.05) is 18.2 Å². The molecule has 4 heterocycles. The van der Waals surface area contributed by atoms with Gasteiger partial charge in [0.1, 0.15) is 23.2 Å². The van der Waals surface area contributed by atoms with E-state index >= 15 is 0 Å². The maximum absolute atomic E-state index is 11.1. The number of piperazine rings is 1. The molecule has 1 amide bonds. The Balaban J connectivity index is 1.58. The summed E-state index contributed by atoms with van der Waals surface area (Å²) in [6, 6.07) is 7.46. The van der Waals surface area contributed by atoms with Gasteiger partial charge in [0.25, 0.3) is 0 Å². The van der Waals surface area contributed by atoms with Crippen molar-refractivity contribution < 1.29 is 14.6 Å². The van der Waals surface area contributed by atoms with Crippen LogP contribution in [0.1, 0.15) is 0 Å². The van der Waals surface area contributed by atoms with Crippen LogP contribution in [-0.4, -0.2) is 69.3 Å². The highest BCUT2D eigenvalue weighted by molar-refractivity contribution is 5.68. The highest BCUT2D eigenvalue weighted by atomic mass is 16.5. The normalized spacial score (nSPS) is 13.8. The number of carboxylic acid groups (broad SMARTS) is 1. The summed E-state index contributed by atoms with van der Waals surface area (Å²) >= 11 is 0. The Morgan fingerprint density at radius 2 is 1.90 bits per heavy atom. The minimum Gasteiger partial charge on any atom is -0.497 e. The summed E-state index contributed by atoms with van der Waals surface area (Å²) in [5.41, 5.74) is 1.59. The Morgan fingerprint density at radius 3 is 2.60 bits per heavy atom. The van der Waals surface area contributed by atoms with E-state index in [-0.39, 0.29) is 0 Å². The van der Waals surface area contributed by atoms with Crippen LogP contribution in [0.15, 0.2) is 49.1 Å². The predicted octanol–water partition coefficient (Wildman–Crippen LogP) is 2.49. The molecule has 0 atom stereocenters. The highest BCUT2D eigenvalue weighted by Crippen LogP contribution is 2.28. The van der Waals surface area contributed by atoms with Crippen LogP contribution >= 0.6 is 0 Å². The Kier molecular flexibility index (Phi) is 5.55. The summed E-state index contributed by atoms with van der Waals surface area (Å²) < 4.78 is 5.43. The van der Waals surface area contributed by atoms with E-state index in [1.54, 1.807) is 38.0 Å². The second-order valence-electron chi connectivity index (χ2n) is 6.65. The first-order chi connectivity index (χ1) is 14.6. The summed E-state index contributed by atoms with van der Waals surface area (Å²) in [6.45, 7) is 2.08. The molecule has 0 unspecified atom stereocenters. The Labute approximate surface area is 173 Å². The predicted molar refractivity (Wildman–Crippen MR) is 111 cm³/mol. The van der Waals surface area contributed by atoms with E-state index in [4.69, 9.17) is 9.84 Å². The smallest absolute Gasteiger partial charge is 0.407 e. The third kappa shape index (κ3) is 4.37. The van der Waals surface area contributed by atoms with Gasteiger partial charge in [-0.05, 0) is 12.1 Å². The lowest BCUT2D eigenvalue weighted by Gasteiger charge is -2.33. The molecule has 0 radical (unpaired) electrons. The fourth-order valence-electron chi connectivity index (χ4n) is 3.21. The molecule has 0 aromatic carbocycles. The third-order valence-corrected chi connectivity index (χ3v) is 4.77. The van der Waals surface area contributed by atoms with Crippen LogP contribution in [0.5, 0.6) is 5.75 Å². The van der Waals surface area contributed by atoms with Crippen molar-refractivity contribution in [3.05, 3.63) is 49.1 Å². The summed E-state index contributed by atoms with van der Waals surface area (Å²) in [5.74, 6) is 2.60. The number of hydrogen-bond acceptors (Lipinski definition) is 8. The van der Waals surface area contributed by atoms with Crippen molar-refractivity contribution in [3.63, 3.8) is 0 Å². The number of hydrogen-bond donors (Lipinski definition) is 2. The second kappa shape index (κ2) is 8.60. The van der Waals surface area contributed by atoms with Crippen LogP contribution in [-0.2, 0) is 0 Å². The topological polar surface area (TPSA) is 117 Å². The van der Waals surface area contributed by atoms with Crippen LogP contribution in [0.3, 0.4) is 0 Å². The number of pyridine rings is 2. The Bertz CT molecular complexity index is 1020. The van der Waals surface area contributed by atoms with Crippen LogP contribution in [0, 0.1) is 0 Å². The molecule has 1 aliphatic heterocycles. The fraction of sp³-hybridized carbons (Fsp3) is 0.250. The van der Waals surface area contributed by atoms with Gasteiger partial charge in [0.2, 0.25) is 0 Å². The summed E-state index contributed by atoms with van der Waals surface area (Å²) in [4.78, 5) is 32.0. The summed E-state index contributed by atoms with van der Waals surface area (Å²) in [6.07, 6.45) is 5.65. The molecule has 0 aliphatic carbocycles. The van der Waals surface area contributed by atoms with Crippen LogP contribution in [0.2, 0.25) is 0 Å². The zero-order valence-electron chi connectivity index (χ0n) is 16.4. The lowest BCUT2D eigenvalue weighted by atomic mass is 10.1. The number of rotatable bonds is 5. The summed E-state index contributed by atoms with van der Waals surface area (Å²) in [5, 5.41) is 12.3. The number of anilines is 3. The van der Waals surface area contributed by atoms with E-state index in [2.05, 4.69) is 30.2 Å². The van der Waals surface area contributed by atoms with Crippen molar-refractivity contribution >= 4 is 23.5 Å². The van der Waals surface area contributed by atoms with Gasteiger partial charge in [-0.15, -0.1) is 0 Å². The van der Waals surface area contributed by atoms with Gasteiger partial charge in [-0.2, -0.15) is 0 Å². The van der Waals surface area contributed by atoms with Gasteiger partial charge in [-0.1, -0.05) is 0 Å². The molecule has 3 aromatic rings. The maximum Gasteiger partial charge on any atom is 0.407 e. The number of methoxy groups -OCH3 is 1. The number of nitrogens with zero attached hydrogens (tertiary/aromatic N) is 6. The van der Waals surface area contributed by atoms with Crippen LogP contribution < -0.4 is 15.0 Å². The molecule has 10 heteroatoms. The number of ether oxygens (including phenoxy) is 1. The van der Waals surface area contributed by atoms with Crippen molar-refractivity contribution in [1.29, 1.82) is 0 Å². The van der Waals surface area contributed by atoms with Crippen LogP contribution in [0.4, 0.5) is 22.2 Å². The zero-order chi connectivity index (χ0) is 20.9. The average Bonchev–Trinajstić information content (AvgIpc) is 2.79. The molecule has 0 bridgehead atoms. The van der Waals surface area contributed by atoms with Gasteiger partial charge in [0.05, 0.1) is 19.0 Å². The fourth-order valence-corrected chi connectivity index (χ4v) is 3.21. The molecule has 154 valence electrons. The van der Waals surface area contributed by atoms with E-state index in [1.165, 1.54) is 4.90 Å². The Hall–Kier alpha value is -3.95. The lowest BCUT2D eigenvalue weighted by molar-refractivity contribution is 0.142. The van der Waals surface area contributed by atoms with Gasteiger partial charge in [0, 0.05) is 62.5 Å². The lowest BCUT2D eigenvalue weighted by Crippen LogP contribution is -2.48. The van der Waals surface area contributed by atoms with Crippen molar-refractivity contribution in [3.8, 4) is 17.0 Å². The van der Waals surface area contributed by atoms with Gasteiger partial charge >= 0.3 is 6.09 Å².